The maximum absolute atomic E-state index is 6.10. The van der Waals surface area contributed by atoms with Gasteiger partial charge in [0, 0.05) is 19.6 Å². The monoisotopic (exact) mass is 277 g/mol. The van der Waals surface area contributed by atoms with Crippen LogP contribution in [0.2, 0.25) is 0 Å². The number of likely N-dealkylation sites (N-methyl/N-ethyl adjacent to an activating group) is 1. The highest BCUT2D eigenvalue weighted by Crippen LogP contribution is 2.28. The van der Waals surface area contributed by atoms with Crippen LogP contribution in [0.4, 0.5) is 5.69 Å². The van der Waals surface area contributed by atoms with E-state index in [9.17, 15) is 0 Å². The lowest BCUT2D eigenvalue weighted by Gasteiger charge is -2.32. The number of para-hydroxylation sites is 2. The van der Waals surface area contributed by atoms with Gasteiger partial charge in [-0.05, 0) is 39.2 Å². The van der Waals surface area contributed by atoms with E-state index in [2.05, 4.69) is 42.2 Å². The molecule has 1 aliphatic heterocycles. The molecule has 1 aromatic rings. The highest BCUT2D eigenvalue weighted by molar-refractivity contribution is 5.57. The summed E-state index contributed by atoms with van der Waals surface area (Å²) in [4.78, 5) is 4.73. The summed E-state index contributed by atoms with van der Waals surface area (Å²) in [6.07, 6.45) is 1.42. The summed E-state index contributed by atoms with van der Waals surface area (Å²) in [5, 5.41) is 3.46. The summed E-state index contributed by atoms with van der Waals surface area (Å²) in [7, 11) is 4.25. The zero-order valence-electron chi connectivity index (χ0n) is 12.9. The predicted molar refractivity (Wildman–Crippen MR) is 84.6 cm³/mol. The van der Waals surface area contributed by atoms with Crippen LogP contribution in [0.3, 0.4) is 0 Å². The summed E-state index contributed by atoms with van der Waals surface area (Å²) in [6, 6.07) is 8.18. The van der Waals surface area contributed by atoms with E-state index in [1.807, 2.05) is 18.2 Å². The second-order valence-corrected chi connectivity index (χ2v) is 5.72. The molecule has 1 aliphatic rings. The van der Waals surface area contributed by atoms with E-state index < -0.39 is 0 Å². The van der Waals surface area contributed by atoms with Crippen LogP contribution in [0.25, 0.3) is 0 Å². The molecule has 1 unspecified atom stereocenters. The van der Waals surface area contributed by atoms with Crippen LogP contribution >= 0.6 is 0 Å². The van der Waals surface area contributed by atoms with E-state index in [1.165, 1.54) is 6.42 Å². The summed E-state index contributed by atoms with van der Waals surface area (Å²) >= 11 is 0. The molecule has 0 amide bonds. The molecule has 1 N–H and O–H groups in total. The number of ether oxygens (including phenoxy) is 1. The number of rotatable bonds is 7. The van der Waals surface area contributed by atoms with Crippen molar-refractivity contribution >= 4 is 5.69 Å². The van der Waals surface area contributed by atoms with Gasteiger partial charge in [-0.1, -0.05) is 19.1 Å². The second-order valence-electron chi connectivity index (χ2n) is 5.72. The number of anilines is 1. The predicted octanol–water partition coefficient (Wildman–Crippen LogP) is 2.13. The van der Waals surface area contributed by atoms with Gasteiger partial charge in [-0.15, -0.1) is 0 Å². The second kappa shape index (κ2) is 7.50. The van der Waals surface area contributed by atoms with Crippen LogP contribution in [-0.4, -0.2) is 62.7 Å². The van der Waals surface area contributed by atoms with Crippen molar-refractivity contribution in [2.75, 3.05) is 52.1 Å². The van der Waals surface area contributed by atoms with Gasteiger partial charge in [0.15, 0.2) is 0 Å². The third kappa shape index (κ3) is 4.39. The smallest absolute Gasteiger partial charge is 0.142 e. The molecular formula is C16H27N3O. The standard InChI is InChI=1S/C16H27N3O/c1-4-9-19(11-10-18(2)3)13-14-12-17-15-7-5-6-8-16(15)20-14/h5-8,14,17H,4,9-13H2,1-3H3. The molecule has 0 bridgehead atoms. The summed E-state index contributed by atoms with van der Waals surface area (Å²) in [6.45, 7) is 7.44. The number of benzene rings is 1. The lowest BCUT2D eigenvalue weighted by Crippen LogP contribution is -2.44. The molecule has 4 nitrogen and oxygen atoms in total. The largest absolute Gasteiger partial charge is 0.485 e. The van der Waals surface area contributed by atoms with Crippen LogP contribution < -0.4 is 10.1 Å². The first kappa shape index (κ1) is 15.1. The van der Waals surface area contributed by atoms with Gasteiger partial charge in [0.25, 0.3) is 0 Å². The fourth-order valence-electron chi connectivity index (χ4n) is 2.50. The van der Waals surface area contributed by atoms with E-state index in [-0.39, 0.29) is 6.10 Å². The minimum Gasteiger partial charge on any atom is -0.485 e. The van der Waals surface area contributed by atoms with E-state index in [0.29, 0.717) is 0 Å². The van der Waals surface area contributed by atoms with Crippen molar-refractivity contribution in [2.24, 2.45) is 0 Å². The first-order valence-corrected chi connectivity index (χ1v) is 7.55. The van der Waals surface area contributed by atoms with E-state index in [1.54, 1.807) is 0 Å². The molecule has 112 valence electrons. The summed E-state index contributed by atoms with van der Waals surface area (Å²) in [5.74, 6) is 0.979. The normalized spacial score (nSPS) is 17.8. The Morgan fingerprint density at radius 2 is 2.00 bits per heavy atom. The van der Waals surface area contributed by atoms with Crippen LogP contribution in [0.1, 0.15) is 13.3 Å². The van der Waals surface area contributed by atoms with Gasteiger partial charge in [0.2, 0.25) is 0 Å². The summed E-state index contributed by atoms with van der Waals surface area (Å²) < 4.78 is 6.10. The minimum absolute atomic E-state index is 0.235. The number of hydrogen-bond acceptors (Lipinski definition) is 4. The first-order chi connectivity index (χ1) is 9.69. The molecule has 0 spiro atoms. The number of nitrogens with zero attached hydrogens (tertiary/aromatic N) is 2. The Kier molecular flexibility index (Phi) is 5.68. The van der Waals surface area contributed by atoms with Gasteiger partial charge in [0.05, 0.1) is 12.2 Å². The van der Waals surface area contributed by atoms with Gasteiger partial charge in [-0.3, -0.25) is 4.90 Å². The van der Waals surface area contributed by atoms with Crippen LogP contribution in [0.5, 0.6) is 5.75 Å². The van der Waals surface area contributed by atoms with E-state index in [0.717, 1.165) is 44.2 Å². The van der Waals surface area contributed by atoms with Crippen molar-refractivity contribution in [3.63, 3.8) is 0 Å². The Bertz CT molecular complexity index is 408. The number of hydrogen-bond donors (Lipinski definition) is 1. The van der Waals surface area contributed by atoms with Crippen LogP contribution in [0.15, 0.2) is 24.3 Å². The van der Waals surface area contributed by atoms with Gasteiger partial charge in [-0.25, -0.2) is 0 Å². The maximum atomic E-state index is 6.10. The Hall–Kier alpha value is -1.26. The topological polar surface area (TPSA) is 27.7 Å². The quantitative estimate of drug-likeness (QED) is 0.826. The van der Waals surface area contributed by atoms with Gasteiger partial charge in [-0.2, -0.15) is 0 Å². The molecule has 0 fully saturated rings. The third-order valence-corrected chi connectivity index (χ3v) is 3.57. The first-order valence-electron chi connectivity index (χ1n) is 7.55. The Labute approximate surface area is 122 Å². The van der Waals surface area contributed by atoms with Crippen LogP contribution in [0, 0.1) is 0 Å². The third-order valence-electron chi connectivity index (χ3n) is 3.57. The lowest BCUT2D eigenvalue weighted by molar-refractivity contribution is 0.130. The molecule has 0 aliphatic carbocycles. The Morgan fingerprint density at radius 1 is 1.20 bits per heavy atom. The minimum atomic E-state index is 0.235. The highest BCUT2D eigenvalue weighted by Gasteiger charge is 2.21. The maximum Gasteiger partial charge on any atom is 0.142 e. The Balaban J connectivity index is 1.88. The number of fused-ring (bicyclic) bond motifs is 1. The van der Waals surface area contributed by atoms with Crippen molar-refractivity contribution in [1.82, 2.24) is 9.80 Å². The van der Waals surface area contributed by atoms with Crippen molar-refractivity contribution in [2.45, 2.75) is 19.4 Å². The highest BCUT2D eigenvalue weighted by atomic mass is 16.5. The zero-order chi connectivity index (χ0) is 14.4. The van der Waals surface area contributed by atoms with Gasteiger partial charge in [0.1, 0.15) is 11.9 Å². The van der Waals surface area contributed by atoms with Crippen molar-refractivity contribution in [3.05, 3.63) is 24.3 Å². The van der Waals surface area contributed by atoms with Crippen molar-refractivity contribution in [1.29, 1.82) is 0 Å². The average molecular weight is 277 g/mol. The lowest BCUT2D eigenvalue weighted by atomic mass is 10.2. The molecule has 1 heterocycles. The number of nitrogens with one attached hydrogen (secondary N) is 1. The SMILES string of the molecule is CCCN(CCN(C)C)CC1CNc2ccccc2O1. The Morgan fingerprint density at radius 3 is 2.75 bits per heavy atom. The molecule has 0 saturated heterocycles. The van der Waals surface area contributed by atoms with E-state index in [4.69, 9.17) is 4.74 Å². The van der Waals surface area contributed by atoms with Crippen molar-refractivity contribution in [3.8, 4) is 5.75 Å². The van der Waals surface area contributed by atoms with Gasteiger partial charge >= 0.3 is 0 Å². The molecular weight excluding hydrogens is 250 g/mol. The molecule has 0 aromatic heterocycles. The average Bonchev–Trinajstić information content (AvgIpc) is 2.45. The van der Waals surface area contributed by atoms with Crippen LogP contribution in [-0.2, 0) is 0 Å². The zero-order valence-corrected chi connectivity index (χ0v) is 12.9. The van der Waals surface area contributed by atoms with Gasteiger partial charge < -0.3 is 15.0 Å². The molecule has 2 rings (SSSR count). The fourth-order valence-corrected chi connectivity index (χ4v) is 2.50. The summed E-state index contributed by atoms with van der Waals surface area (Å²) in [5.41, 5.74) is 1.11. The molecule has 4 heteroatoms. The molecule has 1 atom stereocenters. The fraction of sp³-hybridized carbons (Fsp3) is 0.625. The van der Waals surface area contributed by atoms with E-state index >= 15 is 0 Å². The molecule has 1 aromatic carbocycles. The molecule has 0 saturated carbocycles. The molecule has 0 radical (unpaired) electrons. The van der Waals surface area contributed by atoms with Crippen molar-refractivity contribution < 1.29 is 4.74 Å². The molecule has 20 heavy (non-hydrogen) atoms.